The monoisotopic (exact) mass is 616 g/mol. The van der Waals surface area contributed by atoms with Crippen molar-refractivity contribution in [2.75, 3.05) is 26.9 Å². The molecule has 0 saturated heterocycles. The zero-order valence-corrected chi connectivity index (χ0v) is 25.1. The van der Waals surface area contributed by atoms with Crippen LogP contribution in [0.25, 0.3) is 11.8 Å². The van der Waals surface area contributed by atoms with Crippen LogP contribution in [0.1, 0.15) is 36.6 Å². The molecule has 0 saturated carbocycles. The highest BCUT2D eigenvalue weighted by Crippen LogP contribution is 2.35. The number of hydrogen-bond donors (Lipinski definition) is 0. The van der Waals surface area contributed by atoms with Crippen LogP contribution in [0, 0.1) is 5.82 Å². The van der Waals surface area contributed by atoms with Crippen LogP contribution in [0.5, 0.6) is 11.5 Å². The number of fused-ring (bicyclic) bond motifs is 1. The van der Waals surface area contributed by atoms with Gasteiger partial charge in [0.25, 0.3) is 5.56 Å². The van der Waals surface area contributed by atoms with E-state index in [1.54, 1.807) is 50.3 Å². The van der Waals surface area contributed by atoms with Gasteiger partial charge in [-0.05, 0) is 55.3 Å². The standard InChI is InChI=1S/C33H29FN2O7S/c1-4-41-27(37)19-43-24-16-11-20(17-25(24)40-3)18-26-31(38)36-30(22-12-14-23(34)15-13-22)28(32(39)42-5-2)29(35-33(36)44-26)21-9-7-6-8-10-21/h6-18,30H,4-5,19H2,1-3H3/t30-/m0/s1. The van der Waals surface area contributed by atoms with Gasteiger partial charge in [0.15, 0.2) is 22.9 Å². The van der Waals surface area contributed by atoms with Gasteiger partial charge in [0.05, 0.1) is 42.2 Å². The third-order valence-corrected chi connectivity index (χ3v) is 7.68. The minimum absolute atomic E-state index is 0.117. The summed E-state index contributed by atoms with van der Waals surface area (Å²) >= 11 is 1.16. The lowest BCUT2D eigenvalue weighted by Crippen LogP contribution is -2.40. The summed E-state index contributed by atoms with van der Waals surface area (Å²) < 4.78 is 37.1. The number of benzene rings is 3. The van der Waals surface area contributed by atoms with Crippen molar-refractivity contribution >= 4 is 35.0 Å². The first-order valence-corrected chi connectivity index (χ1v) is 14.7. The van der Waals surface area contributed by atoms with E-state index < -0.39 is 29.4 Å². The highest BCUT2D eigenvalue weighted by Gasteiger charge is 2.35. The average Bonchev–Trinajstić information content (AvgIpc) is 3.34. The smallest absolute Gasteiger partial charge is 0.344 e. The first-order valence-electron chi connectivity index (χ1n) is 13.8. The molecule has 5 rings (SSSR count). The number of rotatable bonds is 10. The van der Waals surface area contributed by atoms with E-state index in [4.69, 9.17) is 23.9 Å². The fourth-order valence-electron chi connectivity index (χ4n) is 4.78. The van der Waals surface area contributed by atoms with Crippen molar-refractivity contribution < 1.29 is 32.9 Å². The zero-order chi connectivity index (χ0) is 31.2. The van der Waals surface area contributed by atoms with Crippen molar-refractivity contribution in [1.82, 2.24) is 4.57 Å². The molecule has 44 heavy (non-hydrogen) atoms. The van der Waals surface area contributed by atoms with Gasteiger partial charge in [-0.1, -0.05) is 59.9 Å². The Morgan fingerprint density at radius 2 is 1.70 bits per heavy atom. The Morgan fingerprint density at radius 1 is 0.977 bits per heavy atom. The van der Waals surface area contributed by atoms with Gasteiger partial charge in [-0.25, -0.2) is 19.0 Å². The topological polar surface area (TPSA) is 105 Å². The SMILES string of the molecule is CCOC(=O)COc1ccc(C=c2sc3n(c2=O)[C@@H](c2ccc(F)cc2)C(C(=O)OCC)=C(c2ccccc2)N=3)cc1OC. The summed E-state index contributed by atoms with van der Waals surface area (Å²) in [6.07, 6.45) is 1.68. The number of nitrogens with zero attached hydrogens (tertiary/aromatic N) is 2. The van der Waals surface area contributed by atoms with E-state index in [0.717, 1.165) is 11.3 Å². The van der Waals surface area contributed by atoms with Crippen molar-refractivity contribution in [3.63, 3.8) is 0 Å². The lowest BCUT2D eigenvalue weighted by Gasteiger charge is -2.25. The van der Waals surface area contributed by atoms with E-state index >= 15 is 0 Å². The maximum Gasteiger partial charge on any atom is 0.344 e. The molecule has 1 aliphatic rings. The lowest BCUT2D eigenvalue weighted by molar-refractivity contribution is -0.145. The Hall–Kier alpha value is -5.03. The third-order valence-electron chi connectivity index (χ3n) is 6.70. The molecule has 1 aromatic heterocycles. The van der Waals surface area contributed by atoms with E-state index in [-0.39, 0.29) is 25.4 Å². The number of methoxy groups -OCH3 is 1. The number of hydrogen-bond acceptors (Lipinski definition) is 9. The van der Waals surface area contributed by atoms with Crippen molar-refractivity contribution in [2.24, 2.45) is 4.99 Å². The van der Waals surface area contributed by atoms with Gasteiger partial charge in [-0.15, -0.1) is 0 Å². The predicted octanol–water partition coefficient (Wildman–Crippen LogP) is 4.03. The molecular weight excluding hydrogens is 587 g/mol. The average molecular weight is 617 g/mol. The van der Waals surface area contributed by atoms with E-state index in [9.17, 15) is 18.8 Å². The number of aromatic nitrogens is 1. The number of thiazole rings is 1. The molecule has 3 aromatic carbocycles. The van der Waals surface area contributed by atoms with E-state index in [1.165, 1.54) is 23.8 Å². The van der Waals surface area contributed by atoms with E-state index in [2.05, 4.69) is 0 Å². The maximum absolute atomic E-state index is 14.0. The molecule has 11 heteroatoms. The van der Waals surface area contributed by atoms with Crippen LogP contribution in [0.3, 0.4) is 0 Å². The summed E-state index contributed by atoms with van der Waals surface area (Å²) in [7, 11) is 1.47. The van der Waals surface area contributed by atoms with E-state index in [1.807, 2.05) is 30.3 Å². The van der Waals surface area contributed by atoms with E-state index in [0.29, 0.717) is 43.2 Å². The summed E-state index contributed by atoms with van der Waals surface area (Å²) in [5, 5.41) is 0. The first-order chi connectivity index (χ1) is 21.3. The number of carbonyl (C=O) groups is 2. The summed E-state index contributed by atoms with van der Waals surface area (Å²) in [4.78, 5) is 44.4. The zero-order valence-electron chi connectivity index (χ0n) is 24.2. The van der Waals surface area contributed by atoms with Crippen LogP contribution in [0.15, 0.2) is 88.2 Å². The first kappa shape index (κ1) is 30.4. The predicted molar refractivity (Wildman–Crippen MR) is 163 cm³/mol. The molecule has 1 aliphatic heterocycles. The molecule has 0 amide bonds. The highest BCUT2D eigenvalue weighted by molar-refractivity contribution is 7.07. The Kier molecular flexibility index (Phi) is 9.35. The van der Waals surface area contributed by atoms with Gasteiger partial charge in [-0.3, -0.25) is 9.36 Å². The van der Waals surface area contributed by atoms with Crippen molar-refractivity contribution in [2.45, 2.75) is 19.9 Å². The molecule has 1 atom stereocenters. The van der Waals surface area contributed by atoms with Gasteiger partial charge < -0.3 is 18.9 Å². The third kappa shape index (κ3) is 6.32. The molecule has 0 bridgehead atoms. The number of ether oxygens (including phenoxy) is 4. The van der Waals surface area contributed by atoms with Gasteiger partial charge in [0, 0.05) is 5.56 Å². The second-order valence-electron chi connectivity index (χ2n) is 9.49. The Morgan fingerprint density at radius 3 is 2.39 bits per heavy atom. The highest BCUT2D eigenvalue weighted by atomic mass is 32.1. The summed E-state index contributed by atoms with van der Waals surface area (Å²) in [5.74, 6) is -0.887. The van der Waals surface area contributed by atoms with Gasteiger partial charge in [0.1, 0.15) is 5.82 Å². The van der Waals surface area contributed by atoms with Crippen LogP contribution >= 0.6 is 11.3 Å². The van der Waals surface area contributed by atoms with Crippen LogP contribution in [0.2, 0.25) is 0 Å². The summed E-state index contributed by atoms with van der Waals surface area (Å²) in [6, 6.07) is 18.9. The van der Waals surface area contributed by atoms with Crippen molar-refractivity contribution in [1.29, 1.82) is 0 Å². The fourth-order valence-corrected chi connectivity index (χ4v) is 5.79. The quantitative estimate of drug-likeness (QED) is 0.248. The molecule has 9 nitrogen and oxygen atoms in total. The molecule has 0 N–H and O–H groups in total. The van der Waals surface area contributed by atoms with Crippen molar-refractivity contribution in [3.8, 4) is 11.5 Å². The largest absolute Gasteiger partial charge is 0.493 e. The molecule has 4 aromatic rings. The molecule has 0 spiro atoms. The molecule has 0 unspecified atom stereocenters. The van der Waals surface area contributed by atoms with Gasteiger partial charge in [-0.2, -0.15) is 0 Å². The van der Waals surface area contributed by atoms with Crippen molar-refractivity contribution in [3.05, 3.63) is 121 Å². The van der Waals surface area contributed by atoms with Crippen LogP contribution in [-0.4, -0.2) is 43.4 Å². The molecule has 226 valence electrons. The molecule has 0 radical (unpaired) electrons. The Balaban J connectivity index is 1.67. The normalized spacial score (nSPS) is 14.5. The minimum Gasteiger partial charge on any atom is -0.493 e. The number of halogens is 1. The molecule has 0 fully saturated rings. The second kappa shape index (κ2) is 13.5. The number of carbonyl (C=O) groups excluding carboxylic acids is 2. The Labute approximate surface area is 256 Å². The van der Waals surface area contributed by atoms with Crippen LogP contribution in [0.4, 0.5) is 4.39 Å². The number of esters is 2. The molecule has 2 heterocycles. The summed E-state index contributed by atoms with van der Waals surface area (Å²) in [6.45, 7) is 3.49. The van der Waals surface area contributed by atoms with Gasteiger partial charge in [0.2, 0.25) is 0 Å². The summed E-state index contributed by atoms with van der Waals surface area (Å²) in [5.41, 5.74) is 1.98. The lowest BCUT2D eigenvalue weighted by atomic mass is 9.93. The fraction of sp³-hybridized carbons (Fsp3) is 0.212. The maximum atomic E-state index is 14.0. The minimum atomic E-state index is -0.920. The van der Waals surface area contributed by atoms with Crippen LogP contribution < -0.4 is 24.4 Å². The molecular formula is C33H29FN2O7S. The second-order valence-corrected chi connectivity index (χ2v) is 10.5. The Bertz CT molecular complexity index is 1900. The van der Waals surface area contributed by atoms with Gasteiger partial charge >= 0.3 is 11.9 Å². The van der Waals surface area contributed by atoms with Crippen LogP contribution in [-0.2, 0) is 19.1 Å². The molecule has 0 aliphatic carbocycles.